The summed E-state index contributed by atoms with van der Waals surface area (Å²) in [6.45, 7) is 6.47. The van der Waals surface area contributed by atoms with Gasteiger partial charge in [0.1, 0.15) is 12.4 Å². The number of carboxylic acid groups (broad SMARTS) is 1. The van der Waals surface area contributed by atoms with Crippen LogP contribution in [0.3, 0.4) is 0 Å². The van der Waals surface area contributed by atoms with E-state index in [2.05, 4.69) is 29.2 Å². The summed E-state index contributed by atoms with van der Waals surface area (Å²) in [7, 11) is 0. The molecule has 29 heavy (non-hydrogen) atoms. The topological polar surface area (TPSA) is 59.0 Å². The molecule has 0 radical (unpaired) electrons. The maximum absolute atomic E-state index is 11.5. The molecule has 1 N–H and O–H groups in total. The molecule has 6 heteroatoms. The molecule has 0 bridgehead atoms. The summed E-state index contributed by atoms with van der Waals surface area (Å²) in [6, 6.07) is 16.0. The Morgan fingerprint density at radius 2 is 1.90 bits per heavy atom. The van der Waals surface area contributed by atoms with Crippen LogP contribution in [0, 0.1) is 0 Å². The summed E-state index contributed by atoms with van der Waals surface area (Å²) < 4.78 is 11.3. The summed E-state index contributed by atoms with van der Waals surface area (Å²) >= 11 is 1.90. The predicted octanol–water partition coefficient (Wildman–Crippen LogP) is 4.92. The molecular formula is C23H27NO4S. The smallest absolute Gasteiger partial charge is 0.371 e. The van der Waals surface area contributed by atoms with Crippen molar-refractivity contribution >= 4 is 29.0 Å². The van der Waals surface area contributed by atoms with Crippen molar-refractivity contribution in [3.8, 4) is 5.75 Å². The average Bonchev–Trinajstić information content (AvgIpc) is 2.74. The number of carbonyl (C=O) groups is 1. The summed E-state index contributed by atoms with van der Waals surface area (Å²) in [5.74, 6) is 0.843. The molecule has 0 aromatic heterocycles. The molecule has 154 valence electrons. The van der Waals surface area contributed by atoms with Crippen LogP contribution in [0.4, 0.5) is 5.69 Å². The molecule has 0 amide bonds. The number of rotatable bonds is 9. The predicted molar refractivity (Wildman–Crippen MR) is 118 cm³/mol. The van der Waals surface area contributed by atoms with E-state index in [0.29, 0.717) is 25.2 Å². The zero-order chi connectivity index (χ0) is 20.6. The van der Waals surface area contributed by atoms with E-state index in [4.69, 9.17) is 9.47 Å². The van der Waals surface area contributed by atoms with Gasteiger partial charge in [0, 0.05) is 22.8 Å². The van der Waals surface area contributed by atoms with E-state index in [0.717, 1.165) is 30.2 Å². The molecule has 1 heterocycles. The van der Waals surface area contributed by atoms with E-state index in [9.17, 15) is 9.90 Å². The number of nitrogens with zero attached hydrogens (tertiary/aromatic N) is 1. The van der Waals surface area contributed by atoms with Crippen LogP contribution < -0.4 is 9.64 Å². The number of hydrogen-bond acceptors (Lipinski definition) is 5. The molecule has 0 spiro atoms. The third-order valence-corrected chi connectivity index (χ3v) is 5.81. The Morgan fingerprint density at radius 3 is 2.59 bits per heavy atom. The van der Waals surface area contributed by atoms with Crippen LogP contribution in [0.25, 0.3) is 5.57 Å². The van der Waals surface area contributed by atoms with Gasteiger partial charge in [-0.15, -0.1) is 11.8 Å². The number of hydrogen-bond donors (Lipinski definition) is 1. The standard InChI is InChI=1S/C23H27NO4S/c1-3-19(22(23(25)26)27-4-2)17-9-11-18(12-10-17)28-15-13-24-14-16-29-21-8-6-5-7-20(21)24/h5-12H,3-4,13-16H2,1-2H3,(H,25,26). The number of carboxylic acids is 1. The molecule has 0 atom stereocenters. The summed E-state index contributed by atoms with van der Waals surface area (Å²) in [4.78, 5) is 15.2. The average molecular weight is 414 g/mol. The van der Waals surface area contributed by atoms with E-state index in [1.807, 2.05) is 43.0 Å². The SMILES string of the molecule is CCOC(C(=O)O)=C(CC)c1ccc(OCCN2CCSc3ccccc32)cc1. The lowest BCUT2D eigenvalue weighted by atomic mass is 10.0. The monoisotopic (exact) mass is 413 g/mol. The van der Waals surface area contributed by atoms with Crippen LogP contribution in [0.2, 0.25) is 0 Å². The Morgan fingerprint density at radius 1 is 1.14 bits per heavy atom. The minimum absolute atomic E-state index is 0.0188. The highest BCUT2D eigenvalue weighted by atomic mass is 32.2. The maximum atomic E-state index is 11.5. The van der Waals surface area contributed by atoms with Gasteiger partial charge >= 0.3 is 5.97 Å². The van der Waals surface area contributed by atoms with Crippen molar-refractivity contribution in [2.45, 2.75) is 25.2 Å². The van der Waals surface area contributed by atoms with Gasteiger partial charge in [-0.2, -0.15) is 0 Å². The van der Waals surface area contributed by atoms with Crippen molar-refractivity contribution < 1.29 is 19.4 Å². The van der Waals surface area contributed by atoms with Gasteiger partial charge in [-0.1, -0.05) is 31.2 Å². The second-order valence-corrected chi connectivity index (χ2v) is 7.71. The molecule has 1 aliphatic rings. The fraction of sp³-hybridized carbons (Fsp3) is 0.348. The first kappa shape index (κ1) is 21.1. The number of allylic oxidation sites excluding steroid dienone is 1. The molecule has 0 saturated heterocycles. The van der Waals surface area contributed by atoms with Gasteiger partial charge in [-0.05, 0) is 43.2 Å². The van der Waals surface area contributed by atoms with Gasteiger partial charge < -0.3 is 19.5 Å². The summed E-state index contributed by atoms with van der Waals surface area (Å²) in [6.07, 6.45) is 0.578. The first-order chi connectivity index (χ1) is 14.1. The zero-order valence-corrected chi connectivity index (χ0v) is 17.7. The lowest BCUT2D eigenvalue weighted by molar-refractivity contribution is -0.136. The zero-order valence-electron chi connectivity index (χ0n) is 16.9. The van der Waals surface area contributed by atoms with E-state index in [1.54, 1.807) is 6.92 Å². The van der Waals surface area contributed by atoms with Gasteiger partial charge in [0.25, 0.3) is 0 Å². The number of ether oxygens (including phenoxy) is 2. The third kappa shape index (κ3) is 5.26. The highest BCUT2D eigenvalue weighted by Crippen LogP contribution is 2.34. The van der Waals surface area contributed by atoms with E-state index in [-0.39, 0.29) is 5.76 Å². The van der Waals surface area contributed by atoms with E-state index < -0.39 is 5.97 Å². The maximum Gasteiger partial charge on any atom is 0.371 e. The lowest BCUT2D eigenvalue weighted by Gasteiger charge is -2.30. The molecule has 0 aliphatic carbocycles. The van der Waals surface area contributed by atoms with Gasteiger partial charge in [0.15, 0.2) is 0 Å². The van der Waals surface area contributed by atoms with Crippen LogP contribution >= 0.6 is 11.8 Å². The number of fused-ring (bicyclic) bond motifs is 1. The molecular weight excluding hydrogens is 386 g/mol. The van der Waals surface area contributed by atoms with E-state index >= 15 is 0 Å². The van der Waals surface area contributed by atoms with Crippen LogP contribution in [0.15, 0.2) is 59.2 Å². The summed E-state index contributed by atoms with van der Waals surface area (Å²) in [5, 5.41) is 9.42. The van der Waals surface area contributed by atoms with E-state index in [1.165, 1.54) is 10.6 Å². The first-order valence-corrected chi connectivity index (χ1v) is 10.9. The number of para-hydroxylation sites is 1. The van der Waals surface area contributed by atoms with Crippen molar-refractivity contribution in [1.82, 2.24) is 0 Å². The summed E-state index contributed by atoms with van der Waals surface area (Å²) in [5.41, 5.74) is 2.80. The third-order valence-electron chi connectivity index (χ3n) is 4.77. The van der Waals surface area contributed by atoms with Crippen molar-refractivity contribution in [1.29, 1.82) is 0 Å². The molecule has 0 fully saturated rings. The fourth-order valence-electron chi connectivity index (χ4n) is 3.40. The molecule has 1 aliphatic heterocycles. The molecule has 3 rings (SSSR count). The normalized spacial score (nSPS) is 14.1. The minimum atomic E-state index is -1.04. The van der Waals surface area contributed by atoms with Gasteiger partial charge in [-0.25, -0.2) is 4.79 Å². The van der Waals surface area contributed by atoms with Crippen LogP contribution in [0.5, 0.6) is 5.75 Å². The van der Waals surface area contributed by atoms with Crippen LogP contribution in [-0.2, 0) is 9.53 Å². The van der Waals surface area contributed by atoms with Gasteiger partial charge in [-0.3, -0.25) is 0 Å². The van der Waals surface area contributed by atoms with Crippen molar-refractivity contribution in [3.05, 3.63) is 59.9 Å². The highest BCUT2D eigenvalue weighted by Gasteiger charge is 2.17. The molecule has 0 unspecified atom stereocenters. The Kier molecular flexibility index (Phi) is 7.47. The van der Waals surface area contributed by atoms with Crippen LogP contribution in [0.1, 0.15) is 25.8 Å². The van der Waals surface area contributed by atoms with Gasteiger partial charge in [0.2, 0.25) is 5.76 Å². The number of benzene rings is 2. The van der Waals surface area contributed by atoms with Crippen LogP contribution in [-0.4, -0.2) is 43.1 Å². The molecule has 2 aromatic rings. The second kappa shape index (κ2) is 10.3. The first-order valence-electron chi connectivity index (χ1n) is 9.93. The second-order valence-electron chi connectivity index (χ2n) is 6.58. The fourth-order valence-corrected chi connectivity index (χ4v) is 4.45. The lowest BCUT2D eigenvalue weighted by Crippen LogP contribution is -2.33. The van der Waals surface area contributed by atoms with Gasteiger partial charge in [0.05, 0.1) is 18.8 Å². The van der Waals surface area contributed by atoms with Crippen molar-refractivity contribution in [3.63, 3.8) is 0 Å². The van der Waals surface area contributed by atoms with Crippen molar-refractivity contribution in [2.24, 2.45) is 0 Å². The Balaban J connectivity index is 1.63. The quantitative estimate of drug-likeness (QED) is 0.465. The highest BCUT2D eigenvalue weighted by molar-refractivity contribution is 7.99. The Bertz CT molecular complexity index is 863. The molecule has 2 aromatic carbocycles. The number of thioether (sulfide) groups is 1. The number of anilines is 1. The Labute approximate surface area is 176 Å². The molecule has 0 saturated carbocycles. The minimum Gasteiger partial charge on any atom is -0.492 e. The largest absolute Gasteiger partial charge is 0.492 e. The Hall–Kier alpha value is -2.60. The molecule has 5 nitrogen and oxygen atoms in total. The number of aliphatic carboxylic acids is 1. The van der Waals surface area contributed by atoms with Crippen molar-refractivity contribution in [2.75, 3.05) is 37.0 Å².